The van der Waals surface area contributed by atoms with Gasteiger partial charge < -0.3 is 16.0 Å². The topological polar surface area (TPSA) is 61.9 Å². The molecule has 0 aliphatic carbocycles. The molecule has 1 saturated heterocycles. The molecular formula is C25H30BN5. The monoisotopic (exact) mass is 411 g/mol. The highest BCUT2D eigenvalue weighted by atomic mass is 15.1. The first-order valence-electron chi connectivity index (χ1n) is 11.1. The minimum absolute atomic E-state index is 0.570. The van der Waals surface area contributed by atoms with E-state index in [1.165, 1.54) is 17.5 Å². The number of hydrogen-bond acceptors (Lipinski definition) is 5. The van der Waals surface area contributed by atoms with Crippen LogP contribution in [0.2, 0.25) is 0 Å². The first-order valence-corrected chi connectivity index (χ1v) is 11.1. The molecule has 31 heavy (non-hydrogen) atoms. The molecule has 0 spiro atoms. The van der Waals surface area contributed by atoms with Gasteiger partial charge in [0.1, 0.15) is 7.85 Å². The van der Waals surface area contributed by atoms with Gasteiger partial charge in [-0.25, -0.2) is 9.97 Å². The number of nitrogens with zero attached hydrogens (tertiary/aromatic N) is 2. The summed E-state index contributed by atoms with van der Waals surface area (Å²) >= 11 is 0. The summed E-state index contributed by atoms with van der Waals surface area (Å²) in [4.78, 5) is 9.10. The Hall–Kier alpha value is -2.70. The fourth-order valence-corrected chi connectivity index (χ4v) is 4.01. The molecule has 2 aromatic carbocycles. The molecular weight excluding hydrogens is 381 g/mol. The lowest BCUT2D eigenvalue weighted by Gasteiger charge is -2.30. The van der Waals surface area contributed by atoms with E-state index in [9.17, 15) is 0 Å². The standard InChI is InChI=1S/C25H30BN5/c1-18-16-27-12-10-23(18)30-17-20-3-2-4-21(15-20)24-11-14-29-25(31-24)28-13-9-19-5-7-22(26)8-6-19/h2-8,11,14-15,18,23,27,30H,9-10,12-13,16-17H2,1H3,(H,28,29,31)/t18-,23+/m0/s1. The zero-order valence-corrected chi connectivity index (χ0v) is 18.1. The lowest BCUT2D eigenvalue weighted by molar-refractivity contribution is 0.295. The molecule has 6 heteroatoms. The summed E-state index contributed by atoms with van der Waals surface area (Å²) in [6, 6.07) is 19.1. The van der Waals surface area contributed by atoms with Gasteiger partial charge in [-0.2, -0.15) is 0 Å². The molecule has 2 heterocycles. The first kappa shape index (κ1) is 21.5. The van der Waals surface area contributed by atoms with Crippen LogP contribution < -0.4 is 21.4 Å². The maximum Gasteiger partial charge on any atom is 0.223 e. The molecule has 158 valence electrons. The number of piperidine rings is 1. The highest BCUT2D eigenvalue weighted by molar-refractivity contribution is 6.32. The average molecular weight is 411 g/mol. The maximum atomic E-state index is 5.75. The van der Waals surface area contributed by atoms with E-state index in [0.717, 1.165) is 49.3 Å². The van der Waals surface area contributed by atoms with Crippen molar-refractivity contribution in [1.82, 2.24) is 20.6 Å². The predicted molar refractivity (Wildman–Crippen MR) is 129 cm³/mol. The molecule has 0 bridgehead atoms. The highest BCUT2D eigenvalue weighted by Gasteiger charge is 2.20. The largest absolute Gasteiger partial charge is 0.354 e. The van der Waals surface area contributed by atoms with Crippen LogP contribution in [0, 0.1) is 5.92 Å². The van der Waals surface area contributed by atoms with Gasteiger partial charge >= 0.3 is 0 Å². The van der Waals surface area contributed by atoms with Gasteiger partial charge in [-0.1, -0.05) is 54.9 Å². The lowest BCUT2D eigenvalue weighted by Crippen LogP contribution is -2.45. The third-order valence-electron chi connectivity index (χ3n) is 5.91. The average Bonchev–Trinajstić information content (AvgIpc) is 2.80. The Morgan fingerprint density at radius 1 is 1.10 bits per heavy atom. The summed E-state index contributed by atoms with van der Waals surface area (Å²) < 4.78 is 0. The van der Waals surface area contributed by atoms with Crippen molar-refractivity contribution in [2.24, 2.45) is 5.92 Å². The van der Waals surface area contributed by atoms with Crippen LogP contribution in [0.4, 0.5) is 5.95 Å². The van der Waals surface area contributed by atoms with Crippen LogP contribution in [0.15, 0.2) is 60.8 Å². The Bertz CT molecular complexity index is 976. The van der Waals surface area contributed by atoms with E-state index in [0.29, 0.717) is 17.9 Å². The predicted octanol–water partition coefficient (Wildman–Crippen LogP) is 2.68. The smallest absolute Gasteiger partial charge is 0.223 e. The van der Waals surface area contributed by atoms with Crippen LogP contribution in [-0.4, -0.2) is 43.5 Å². The van der Waals surface area contributed by atoms with Crippen molar-refractivity contribution in [3.8, 4) is 11.3 Å². The molecule has 1 aliphatic heterocycles. The van der Waals surface area contributed by atoms with Crippen LogP contribution in [0.5, 0.6) is 0 Å². The molecule has 5 nitrogen and oxygen atoms in total. The number of anilines is 1. The normalized spacial score (nSPS) is 18.6. The molecule has 2 atom stereocenters. The van der Waals surface area contributed by atoms with E-state index in [2.05, 4.69) is 64.3 Å². The van der Waals surface area contributed by atoms with E-state index < -0.39 is 0 Å². The number of hydrogen-bond donors (Lipinski definition) is 3. The summed E-state index contributed by atoms with van der Waals surface area (Å²) in [6.07, 6.45) is 3.89. The number of rotatable bonds is 8. The van der Waals surface area contributed by atoms with E-state index in [-0.39, 0.29) is 0 Å². The molecule has 2 radical (unpaired) electrons. The zero-order valence-electron chi connectivity index (χ0n) is 18.1. The molecule has 4 rings (SSSR count). The van der Waals surface area contributed by atoms with Crippen LogP contribution in [0.1, 0.15) is 24.5 Å². The Morgan fingerprint density at radius 2 is 1.97 bits per heavy atom. The highest BCUT2D eigenvalue weighted by Crippen LogP contribution is 2.20. The molecule has 1 aromatic heterocycles. The van der Waals surface area contributed by atoms with Gasteiger partial charge in [0.05, 0.1) is 5.69 Å². The summed E-state index contributed by atoms with van der Waals surface area (Å²) in [5.41, 5.74) is 5.35. The fraction of sp³-hybridized carbons (Fsp3) is 0.360. The third kappa shape index (κ3) is 6.15. The van der Waals surface area contributed by atoms with Crippen molar-refractivity contribution in [2.75, 3.05) is 25.0 Å². The van der Waals surface area contributed by atoms with Crippen molar-refractivity contribution in [3.63, 3.8) is 0 Å². The van der Waals surface area contributed by atoms with E-state index in [4.69, 9.17) is 12.8 Å². The number of benzene rings is 2. The van der Waals surface area contributed by atoms with E-state index in [1.54, 1.807) is 0 Å². The zero-order chi connectivity index (χ0) is 21.5. The quantitative estimate of drug-likeness (QED) is 0.498. The van der Waals surface area contributed by atoms with Crippen LogP contribution in [0.3, 0.4) is 0 Å². The summed E-state index contributed by atoms with van der Waals surface area (Å²) in [5, 5.41) is 10.5. The number of nitrogens with one attached hydrogen (secondary N) is 3. The number of aromatic nitrogens is 2. The molecule has 1 aliphatic rings. The third-order valence-corrected chi connectivity index (χ3v) is 5.91. The molecule has 3 N–H and O–H groups in total. The van der Waals surface area contributed by atoms with Gasteiger partial charge in [-0.15, -0.1) is 0 Å². The molecule has 3 aromatic rings. The minimum Gasteiger partial charge on any atom is -0.354 e. The minimum atomic E-state index is 0.570. The van der Waals surface area contributed by atoms with Gasteiger partial charge in [0, 0.05) is 30.9 Å². The van der Waals surface area contributed by atoms with Crippen LogP contribution in [0.25, 0.3) is 11.3 Å². The van der Waals surface area contributed by atoms with Gasteiger partial charge in [-0.3, -0.25) is 0 Å². The maximum absolute atomic E-state index is 5.75. The summed E-state index contributed by atoms with van der Waals surface area (Å²) in [6.45, 7) is 6.14. The Labute approximate surface area is 186 Å². The second-order valence-electron chi connectivity index (χ2n) is 8.34. The van der Waals surface area contributed by atoms with Crippen LogP contribution >= 0.6 is 0 Å². The van der Waals surface area contributed by atoms with Crippen molar-refractivity contribution < 1.29 is 0 Å². The van der Waals surface area contributed by atoms with E-state index >= 15 is 0 Å². The van der Waals surface area contributed by atoms with Gasteiger partial charge in [0.2, 0.25) is 5.95 Å². The SMILES string of the molecule is [B]c1ccc(CCNc2nccc(-c3cccc(CN[C@@H]4CCNC[C@@H]4C)c3)n2)cc1. The molecule has 0 amide bonds. The lowest BCUT2D eigenvalue weighted by atomic mass is 9.95. The molecule has 0 saturated carbocycles. The van der Waals surface area contributed by atoms with Crippen molar-refractivity contribution >= 4 is 19.3 Å². The fourth-order valence-electron chi connectivity index (χ4n) is 4.01. The van der Waals surface area contributed by atoms with Crippen molar-refractivity contribution in [2.45, 2.75) is 32.4 Å². The van der Waals surface area contributed by atoms with Gasteiger partial charge in [-0.05, 0) is 55.1 Å². The van der Waals surface area contributed by atoms with Crippen molar-refractivity contribution in [1.29, 1.82) is 0 Å². The van der Waals surface area contributed by atoms with Gasteiger partial charge in [0.25, 0.3) is 0 Å². The summed E-state index contributed by atoms with van der Waals surface area (Å²) in [7, 11) is 5.75. The first-order chi connectivity index (χ1) is 15.2. The van der Waals surface area contributed by atoms with Crippen molar-refractivity contribution in [3.05, 3.63) is 71.9 Å². The second kappa shape index (κ2) is 10.6. The second-order valence-corrected chi connectivity index (χ2v) is 8.34. The Kier molecular flexibility index (Phi) is 7.33. The van der Waals surface area contributed by atoms with Gasteiger partial charge in [0.15, 0.2) is 0 Å². The summed E-state index contributed by atoms with van der Waals surface area (Å²) in [5.74, 6) is 1.31. The Balaban J connectivity index is 1.35. The van der Waals surface area contributed by atoms with Crippen LogP contribution in [-0.2, 0) is 13.0 Å². The van der Waals surface area contributed by atoms with E-state index in [1.807, 2.05) is 24.4 Å². The molecule has 0 unspecified atom stereocenters. The molecule has 1 fully saturated rings. The Morgan fingerprint density at radius 3 is 2.81 bits per heavy atom.